The number of phenolic OH excluding ortho intramolecular Hbond substituents is 9. The molecule has 0 saturated carbocycles. The second-order valence-electron chi connectivity index (χ2n) is 9.89. The van der Waals surface area contributed by atoms with E-state index < -0.39 is 140 Å². The molecule has 3 aromatic carbocycles. The van der Waals surface area contributed by atoms with Gasteiger partial charge >= 0.3 is 17.9 Å². The fourth-order valence-corrected chi connectivity index (χ4v) is 5.06. The number of hydrogen-bond acceptors (Lipinski definition) is 18. The molecule has 3 heterocycles. The first kappa shape index (κ1) is 30.6. The van der Waals surface area contributed by atoms with Gasteiger partial charge in [-0.3, -0.25) is 0 Å². The van der Waals surface area contributed by atoms with Crippen LogP contribution in [0.1, 0.15) is 42.7 Å². The number of phenols is 9. The molecule has 45 heavy (non-hydrogen) atoms. The molecule has 0 fully saturated rings. The average Bonchev–Trinajstić information content (AvgIpc) is 3.00. The van der Waals surface area contributed by atoms with Crippen LogP contribution in [-0.2, 0) is 14.2 Å². The van der Waals surface area contributed by atoms with Gasteiger partial charge in [-0.2, -0.15) is 0 Å². The van der Waals surface area contributed by atoms with Crippen molar-refractivity contribution in [3.63, 3.8) is 0 Å². The van der Waals surface area contributed by atoms with Crippen molar-refractivity contribution in [1.82, 2.24) is 0 Å². The van der Waals surface area contributed by atoms with E-state index in [2.05, 4.69) is 0 Å². The summed E-state index contributed by atoms with van der Waals surface area (Å²) in [7, 11) is 0. The van der Waals surface area contributed by atoms with Gasteiger partial charge in [-0.05, 0) is 18.2 Å². The standard InChI is InChI=1S/C27H22O18/c28-4-10(43-25(40)5-1-7(29)15(32)8(30)2-5)17(34)23-24-21(38)14-13(27(42)45-24)12(19(36)22(39)20(14)37)11-6(26(41)44-23)3-9(31)16(33)18(11)35/h1-3,10,17,21,23-24,28-39H,4H2/t10-,17-,21+,23+,24+/m1/s1. The van der Waals surface area contributed by atoms with Crippen LogP contribution in [0.4, 0.5) is 0 Å². The highest BCUT2D eigenvalue weighted by molar-refractivity contribution is 6.10. The van der Waals surface area contributed by atoms with Crippen LogP contribution in [0.3, 0.4) is 0 Å². The SMILES string of the molecule is O=C(O[C@H](CO)[C@@H](O)[C@@H]1OC(=O)c2cc(O)c(O)c(O)c2-c2c(O)c(O)c(O)c3c2C(=O)O[C@H]1[C@H]3O)c1cc(O)c(O)c(O)c1. The minimum absolute atomic E-state index is 0.510. The summed E-state index contributed by atoms with van der Waals surface area (Å²) in [5.74, 6) is -15.2. The van der Waals surface area contributed by atoms with E-state index in [1.807, 2.05) is 0 Å². The third kappa shape index (κ3) is 4.60. The van der Waals surface area contributed by atoms with Gasteiger partial charge in [0.1, 0.15) is 12.2 Å². The van der Waals surface area contributed by atoms with Gasteiger partial charge in [-0.25, -0.2) is 14.4 Å². The highest BCUT2D eigenvalue weighted by Gasteiger charge is 2.52. The molecule has 0 radical (unpaired) electrons. The molecule has 3 aliphatic rings. The van der Waals surface area contributed by atoms with Gasteiger partial charge < -0.3 is 75.5 Å². The number of benzene rings is 3. The van der Waals surface area contributed by atoms with Crippen LogP contribution < -0.4 is 0 Å². The molecule has 0 aromatic heterocycles. The molecule has 5 atom stereocenters. The number of hydrogen-bond donors (Lipinski definition) is 12. The molecular formula is C27H22O18. The van der Waals surface area contributed by atoms with E-state index in [0.717, 1.165) is 0 Å². The zero-order valence-electron chi connectivity index (χ0n) is 22.1. The smallest absolute Gasteiger partial charge is 0.339 e. The number of ether oxygens (including phenoxy) is 3. The Morgan fingerprint density at radius 1 is 0.733 bits per heavy atom. The van der Waals surface area contributed by atoms with Crippen molar-refractivity contribution in [3.05, 3.63) is 40.5 Å². The number of carbonyl (C=O) groups excluding carboxylic acids is 3. The first-order chi connectivity index (χ1) is 21.1. The van der Waals surface area contributed by atoms with Crippen molar-refractivity contribution in [2.75, 3.05) is 6.61 Å². The Kier molecular flexibility index (Phi) is 7.28. The third-order valence-corrected chi connectivity index (χ3v) is 7.27. The van der Waals surface area contributed by atoms with Crippen molar-refractivity contribution < 1.29 is 89.9 Å². The van der Waals surface area contributed by atoms with Crippen LogP contribution in [0.25, 0.3) is 11.1 Å². The third-order valence-electron chi connectivity index (χ3n) is 7.27. The van der Waals surface area contributed by atoms with Gasteiger partial charge in [-0.15, -0.1) is 0 Å². The minimum atomic E-state index is -2.43. The fourth-order valence-electron chi connectivity index (χ4n) is 5.06. The average molecular weight is 634 g/mol. The van der Waals surface area contributed by atoms with E-state index >= 15 is 0 Å². The number of esters is 3. The summed E-state index contributed by atoms with van der Waals surface area (Å²) < 4.78 is 15.5. The van der Waals surface area contributed by atoms with E-state index in [1.54, 1.807) is 0 Å². The largest absolute Gasteiger partial charge is 0.504 e. The van der Waals surface area contributed by atoms with Gasteiger partial charge in [0.25, 0.3) is 0 Å². The predicted molar refractivity (Wildman–Crippen MR) is 139 cm³/mol. The monoisotopic (exact) mass is 634 g/mol. The zero-order chi connectivity index (χ0) is 33.2. The molecule has 6 rings (SSSR count). The maximum absolute atomic E-state index is 13.4. The van der Waals surface area contributed by atoms with E-state index in [4.69, 9.17) is 14.2 Å². The molecule has 12 N–H and O–H groups in total. The lowest BCUT2D eigenvalue weighted by atomic mass is 9.82. The highest BCUT2D eigenvalue weighted by Crippen LogP contribution is 2.57. The first-order valence-corrected chi connectivity index (χ1v) is 12.5. The molecule has 4 bridgehead atoms. The Labute approximate surface area is 248 Å². The fraction of sp³-hybridized carbons (Fsp3) is 0.222. The number of rotatable bonds is 5. The molecule has 238 valence electrons. The number of fused-ring (bicyclic) bond motifs is 3. The lowest BCUT2D eigenvalue weighted by Crippen LogP contribution is -2.54. The van der Waals surface area contributed by atoms with Gasteiger partial charge in [-0.1, -0.05) is 0 Å². The lowest BCUT2D eigenvalue weighted by Gasteiger charge is -2.39. The first-order valence-electron chi connectivity index (χ1n) is 12.5. The van der Waals surface area contributed by atoms with Gasteiger partial charge in [0.15, 0.2) is 58.6 Å². The molecule has 3 aromatic rings. The topological polar surface area (TPSA) is 322 Å². The second-order valence-corrected chi connectivity index (χ2v) is 9.89. The molecule has 0 unspecified atom stereocenters. The Balaban J connectivity index is 1.67. The number of aromatic hydroxyl groups is 9. The van der Waals surface area contributed by atoms with Crippen LogP contribution >= 0.6 is 0 Å². The minimum Gasteiger partial charge on any atom is -0.504 e. The summed E-state index contributed by atoms with van der Waals surface area (Å²) in [5.41, 5.74) is -5.22. The van der Waals surface area contributed by atoms with Gasteiger partial charge in [0.2, 0.25) is 11.5 Å². The number of aliphatic hydroxyl groups excluding tert-OH is 3. The van der Waals surface area contributed by atoms with Gasteiger partial charge in [0.05, 0.1) is 23.3 Å². The maximum atomic E-state index is 13.4. The quantitative estimate of drug-likeness (QED) is 0.0946. The highest BCUT2D eigenvalue weighted by atomic mass is 16.6. The molecule has 3 aliphatic heterocycles. The molecule has 0 aliphatic carbocycles. The Hall–Kier alpha value is -5.85. The van der Waals surface area contributed by atoms with Crippen molar-refractivity contribution in [2.24, 2.45) is 0 Å². The Morgan fingerprint density at radius 2 is 1.31 bits per heavy atom. The maximum Gasteiger partial charge on any atom is 0.339 e. The van der Waals surface area contributed by atoms with Crippen molar-refractivity contribution in [3.8, 4) is 62.9 Å². The van der Waals surface area contributed by atoms with Crippen LogP contribution in [0, 0.1) is 0 Å². The molecule has 18 nitrogen and oxygen atoms in total. The summed E-state index contributed by atoms with van der Waals surface area (Å²) in [6.07, 6.45) is -11.4. The van der Waals surface area contributed by atoms with Crippen molar-refractivity contribution >= 4 is 17.9 Å². The second kappa shape index (κ2) is 10.7. The summed E-state index contributed by atoms with van der Waals surface area (Å²) in [6.45, 7) is -1.25. The van der Waals surface area contributed by atoms with E-state index in [0.29, 0.717) is 18.2 Å². The summed E-state index contributed by atoms with van der Waals surface area (Å²) in [6, 6.07) is 1.81. The summed E-state index contributed by atoms with van der Waals surface area (Å²) in [4.78, 5) is 39.5. The molecular weight excluding hydrogens is 612 g/mol. The number of aliphatic hydroxyl groups is 3. The predicted octanol–water partition coefficient (Wildman–Crippen LogP) is -0.606. The summed E-state index contributed by atoms with van der Waals surface area (Å²) >= 11 is 0. The van der Waals surface area contributed by atoms with E-state index in [1.165, 1.54) is 0 Å². The van der Waals surface area contributed by atoms with E-state index in [9.17, 15) is 75.7 Å². The van der Waals surface area contributed by atoms with Crippen LogP contribution in [0.2, 0.25) is 0 Å². The zero-order valence-corrected chi connectivity index (χ0v) is 22.1. The van der Waals surface area contributed by atoms with Crippen LogP contribution in [0.5, 0.6) is 51.7 Å². The Morgan fingerprint density at radius 3 is 1.91 bits per heavy atom. The normalized spacial score (nSPS) is 20.0. The summed E-state index contributed by atoms with van der Waals surface area (Å²) in [5, 5.41) is 124. The molecule has 18 heteroatoms. The van der Waals surface area contributed by atoms with E-state index in [-0.39, 0.29) is 0 Å². The molecule has 0 amide bonds. The lowest BCUT2D eigenvalue weighted by molar-refractivity contribution is -0.152. The molecule has 0 saturated heterocycles. The Bertz CT molecular complexity index is 1760. The number of carbonyl (C=O) groups is 3. The van der Waals surface area contributed by atoms with Gasteiger partial charge in [0, 0.05) is 16.7 Å². The van der Waals surface area contributed by atoms with Crippen LogP contribution in [0.15, 0.2) is 18.2 Å². The molecule has 0 spiro atoms. The van der Waals surface area contributed by atoms with Crippen LogP contribution in [-0.4, -0.2) is 110 Å². The van der Waals surface area contributed by atoms with Crippen molar-refractivity contribution in [2.45, 2.75) is 30.5 Å². The van der Waals surface area contributed by atoms with Crippen molar-refractivity contribution in [1.29, 1.82) is 0 Å².